The summed E-state index contributed by atoms with van der Waals surface area (Å²) in [6.45, 7) is 0. The predicted octanol–water partition coefficient (Wildman–Crippen LogP) is 2.18. The fourth-order valence-electron chi connectivity index (χ4n) is 1.86. The topological polar surface area (TPSA) is 49.7 Å². The van der Waals surface area contributed by atoms with Gasteiger partial charge in [-0.2, -0.15) is 8.42 Å². The van der Waals surface area contributed by atoms with Gasteiger partial charge in [-0.15, -0.1) is 4.40 Å². The van der Waals surface area contributed by atoms with Crippen LogP contribution in [0.5, 0.6) is 0 Å². The van der Waals surface area contributed by atoms with Crippen molar-refractivity contribution in [2.45, 2.75) is 23.8 Å². The van der Waals surface area contributed by atoms with Gasteiger partial charge in [0.1, 0.15) is 12.2 Å². The molecule has 0 N–H and O–H groups in total. The summed E-state index contributed by atoms with van der Waals surface area (Å²) >= 11 is 5.97. The van der Waals surface area contributed by atoms with Crippen LogP contribution < -0.4 is 4.90 Å². The number of hydrogen-bond donors (Lipinski definition) is 0. The Bertz CT molecular complexity index is 625. The van der Waals surface area contributed by atoms with E-state index in [9.17, 15) is 12.8 Å². The Morgan fingerprint density at radius 3 is 2.76 bits per heavy atom. The molecule has 1 aliphatic carbocycles. The Morgan fingerprint density at radius 2 is 2.12 bits per heavy atom. The zero-order chi connectivity index (χ0) is 12.2. The summed E-state index contributed by atoms with van der Waals surface area (Å²) in [6.07, 6.45) is 3.08. The zero-order valence-electron chi connectivity index (χ0n) is 8.60. The van der Waals surface area contributed by atoms with E-state index in [2.05, 4.69) is 4.40 Å². The van der Waals surface area contributed by atoms with Gasteiger partial charge >= 0.3 is 0 Å². The molecule has 1 saturated carbocycles. The minimum atomic E-state index is -3.97. The van der Waals surface area contributed by atoms with Crippen molar-refractivity contribution in [1.82, 2.24) is 0 Å². The Hall–Kier alpha value is -1.14. The molecule has 1 aromatic rings. The molecular weight excluding hydrogens is 267 g/mol. The van der Waals surface area contributed by atoms with Gasteiger partial charge in [0, 0.05) is 6.04 Å². The first kappa shape index (κ1) is 11.0. The maximum Gasteiger partial charge on any atom is 0.288 e. The second-order valence-electron chi connectivity index (χ2n) is 4.04. The van der Waals surface area contributed by atoms with Gasteiger partial charge in [0.2, 0.25) is 0 Å². The van der Waals surface area contributed by atoms with E-state index in [4.69, 9.17) is 11.6 Å². The van der Waals surface area contributed by atoms with Crippen LogP contribution in [0.25, 0.3) is 0 Å². The number of fused-ring (bicyclic) bond motifs is 1. The molecule has 0 spiro atoms. The van der Waals surface area contributed by atoms with Crippen LogP contribution in [0.15, 0.2) is 21.4 Å². The Balaban J connectivity index is 2.32. The normalized spacial score (nSPS) is 21.4. The van der Waals surface area contributed by atoms with Gasteiger partial charge in [-0.3, -0.25) is 0 Å². The SMILES string of the molecule is O=S1(=O)N=CN(C2CC2)c2c(Cl)ccc(F)c21. The van der Waals surface area contributed by atoms with Crippen molar-refractivity contribution in [2.24, 2.45) is 4.40 Å². The predicted molar refractivity (Wildman–Crippen MR) is 62.6 cm³/mol. The van der Waals surface area contributed by atoms with Crippen molar-refractivity contribution < 1.29 is 12.8 Å². The maximum atomic E-state index is 13.7. The van der Waals surface area contributed by atoms with Crippen LogP contribution in [-0.4, -0.2) is 20.8 Å². The third-order valence-electron chi connectivity index (χ3n) is 2.80. The van der Waals surface area contributed by atoms with Crippen molar-refractivity contribution in [3.8, 4) is 0 Å². The van der Waals surface area contributed by atoms with E-state index in [-0.39, 0.29) is 16.8 Å². The van der Waals surface area contributed by atoms with Crippen LogP contribution in [0, 0.1) is 5.82 Å². The number of sulfonamides is 1. The summed E-state index contributed by atoms with van der Waals surface area (Å²) in [5, 5.41) is 0.225. The standard InChI is InChI=1S/C10H8ClFN2O2S/c11-7-3-4-8(12)10-9(7)14(6-1-2-6)5-13-17(10,15)16/h3-6H,1-2H2. The molecule has 1 aromatic carbocycles. The van der Waals surface area contributed by atoms with Crippen molar-refractivity contribution in [2.75, 3.05) is 4.90 Å². The first-order valence-corrected chi connectivity index (χ1v) is 6.89. The van der Waals surface area contributed by atoms with Gasteiger partial charge in [-0.1, -0.05) is 11.6 Å². The van der Waals surface area contributed by atoms with E-state index in [0.29, 0.717) is 0 Å². The number of rotatable bonds is 1. The van der Waals surface area contributed by atoms with Crippen molar-refractivity contribution >= 4 is 33.7 Å². The molecule has 0 unspecified atom stereocenters. The monoisotopic (exact) mass is 274 g/mol. The third-order valence-corrected chi connectivity index (χ3v) is 4.38. The molecule has 2 aliphatic rings. The van der Waals surface area contributed by atoms with Gasteiger partial charge < -0.3 is 4.90 Å². The summed E-state index contributed by atoms with van der Waals surface area (Å²) in [5.41, 5.74) is 0.212. The van der Waals surface area contributed by atoms with E-state index in [1.807, 2.05) is 0 Å². The van der Waals surface area contributed by atoms with Gasteiger partial charge in [0.15, 0.2) is 4.90 Å². The Kier molecular flexibility index (Phi) is 2.21. The van der Waals surface area contributed by atoms with Crippen LogP contribution >= 0.6 is 11.6 Å². The van der Waals surface area contributed by atoms with Gasteiger partial charge in [0.25, 0.3) is 10.0 Å². The zero-order valence-corrected chi connectivity index (χ0v) is 10.2. The second kappa shape index (κ2) is 3.43. The molecule has 0 amide bonds. The molecule has 7 heteroatoms. The molecule has 3 rings (SSSR count). The highest BCUT2D eigenvalue weighted by Crippen LogP contribution is 2.42. The van der Waals surface area contributed by atoms with E-state index in [0.717, 1.165) is 18.9 Å². The highest BCUT2D eigenvalue weighted by molar-refractivity contribution is 7.90. The first-order chi connectivity index (χ1) is 8.00. The molecule has 0 atom stereocenters. The molecular formula is C10H8ClFN2O2S. The lowest BCUT2D eigenvalue weighted by Crippen LogP contribution is -2.30. The number of hydrogen-bond acceptors (Lipinski definition) is 3. The summed E-state index contributed by atoms with van der Waals surface area (Å²) in [5.74, 6) is -0.813. The fourth-order valence-corrected chi connectivity index (χ4v) is 3.28. The van der Waals surface area contributed by atoms with E-state index in [1.54, 1.807) is 4.90 Å². The number of nitrogens with zero attached hydrogens (tertiary/aromatic N) is 2. The summed E-state index contributed by atoms with van der Waals surface area (Å²) < 4.78 is 40.5. The Morgan fingerprint density at radius 1 is 1.41 bits per heavy atom. The van der Waals surface area contributed by atoms with E-state index < -0.39 is 20.7 Å². The minimum absolute atomic E-state index is 0.173. The lowest BCUT2D eigenvalue weighted by molar-refractivity contribution is 0.567. The summed E-state index contributed by atoms with van der Waals surface area (Å²) in [4.78, 5) is 1.22. The molecule has 1 fully saturated rings. The van der Waals surface area contributed by atoms with Crippen molar-refractivity contribution in [3.05, 3.63) is 23.0 Å². The molecule has 4 nitrogen and oxygen atoms in total. The second-order valence-corrected chi connectivity index (χ2v) is 6.02. The summed E-state index contributed by atoms with van der Waals surface area (Å²) in [6, 6.07) is 2.58. The van der Waals surface area contributed by atoms with E-state index in [1.165, 1.54) is 12.4 Å². The summed E-state index contributed by atoms with van der Waals surface area (Å²) in [7, 11) is -3.97. The van der Waals surface area contributed by atoms with Crippen molar-refractivity contribution in [3.63, 3.8) is 0 Å². The number of benzene rings is 1. The fraction of sp³-hybridized carbons (Fsp3) is 0.300. The van der Waals surface area contributed by atoms with Crippen LogP contribution in [0.3, 0.4) is 0 Å². The van der Waals surface area contributed by atoms with Gasteiger partial charge in [-0.25, -0.2) is 4.39 Å². The van der Waals surface area contributed by atoms with Crippen molar-refractivity contribution in [1.29, 1.82) is 0 Å². The molecule has 0 aromatic heterocycles. The lowest BCUT2D eigenvalue weighted by Gasteiger charge is -2.26. The Labute approximate surface area is 103 Å². The molecule has 0 radical (unpaired) electrons. The van der Waals surface area contributed by atoms with Crippen LogP contribution in [-0.2, 0) is 10.0 Å². The lowest BCUT2D eigenvalue weighted by atomic mass is 10.2. The van der Waals surface area contributed by atoms with Gasteiger partial charge in [-0.05, 0) is 25.0 Å². The average Bonchev–Trinajstić information content (AvgIpc) is 3.06. The number of anilines is 1. The quantitative estimate of drug-likeness (QED) is 0.789. The highest BCUT2D eigenvalue weighted by atomic mass is 35.5. The smallest absolute Gasteiger partial charge is 0.288 e. The van der Waals surface area contributed by atoms with Gasteiger partial charge in [0.05, 0.1) is 10.7 Å². The largest absolute Gasteiger partial charge is 0.326 e. The first-order valence-electron chi connectivity index (χ1n) is 5.07. The van der Waals surface area contributed by atoms with Crippen LogP contribution in [0.1, 0.15) is 12.8 Å². The third kappa shape index (κ3) is 1.63. The van der Waals surface area contributed by atoms with Crippen LogP contribution in [0.2, 0.25) is 5.02 Å². The molecule has 0 bridgehead atoms. The number of halogens is 2. The maximum absolute atomic E-state index is 13.7. The molecule has 0 saturated heterocycles. The molecule has 1 aliphatic heterocycles. The molecule has 1 heterocycles. The average molecular weight is 275 g/mol. The van der Waals surface area contributed by atoms with Crippen LogP contribution in [0.4, 0.5) is 10.1 Å². The van der Waals surface area contributed by atoms with E-state index >= 15 is 0 Å². The minimum Gasteiger partial charge on any atom is -0.326 e. The highest BCUT2D eigenvalue weighted by Gasteiger charge is 2.38. The molecule has 17 heavy (non-hydrogen) atoms. The molecule has 90 valence electrons.